The smallest absolute Gasteiger partial charge is 0.422 e. The number of alkyl halides is 3. The number of nitrogens with zero attached hydrogens (tertiary/aromatic N) is 2. The van der Waals surface area contributed by atoms with E-state index < -0.39 is 24.8 Å². The Kier molecular flexibility index (Phi) is 4.66. The lowest BCUT2D eigenvalue weighted by Gasteiger charge is -2.29. The second-order valence-electron chi connectivity index (χ2n) is 4.78. The van der Waals surface area contributed by atoms with Gasteiger partial charge in [-0.1, -0.05) is 0 Å². The highest BCUT2D eigenvalue weighted by atomic mass is 19.4. The van der Waals surface area contributed by atoms with Crippen LogP contribution in [0.15, 0.2) is 18.3 Å². The highest BCUT2D eigenvalue weighted by Gasteiger charge is 2.30. The maximum atomic E-state index is 12.3. The van der Waals surface area contributed by atoms with Crippen molar-refractivity contribution in [2.45, 2.75) is 25.1 Å². The molecular formula is C13H15F3N2O3. The topological polar surface area (TPSA) is 62.7 Å². The summed E-state index contributed by atoms with van der Waals surface area (Å²) >= 11 is 0. The van der Waals surface area contributed by atoms with Gasteiger partial charge in [-0.05, 0) is 25.0 Å². The summed E-state index contributed by atoms with van der Waals surface area (Å²) in [6.45, 7) is -0.787. The van der Waals surface area contributed by atoms with Gasteiger partial charge in [-0.2, -0.15) is 13.2 Å². The molecule has 1 N–H and O–H groups in total. The molecule has 116 valence electrons. The zero-order valence-electron chi connectivity index (χ0n) is 11.1. The van der Waals surface area contributed by atoms with E-state index in [-0.39, 0.29) is 11.4 Å². The number of aliphatic hydroxyl groups excluding tert-OH is 1. The number of likely N-dealkylation sites (tertiary alicyclic amines) is 1. The standard InChI is InChI=1S/C13H15F3N2O3/c14-13(15,16)8-21-11-10(2-1-5-17-11)12(20)18-6-3-9(19)4-7-18/h1-2,5,9,19H,3-4,6-8H2. The van der Waals surface area contributed by atoms with Crippen molar-refractivity contribution in [1.82, 2.24) is 9.88 Å². The summed E-state index contributed by atoms with van der Waals surface area (Å²) in [5, 5.41) is 9.41. The average molecular weight is 304 g/mol. The quantitative estimate of drug-likeness (QED) is 0.922. The Morgan fingerprint density at radius 3 is 2.71 bits per heavy atom. The van der Waals surface area contributed by atoms with Crippen LogP contribution in [0.4, 0.5) is 13.2 Å². The third-order valence-corrected chi connectivity index (χ3v) is 3.13. The molecule has 1 aromatic rings. The van der Waals surface area contributed by atoms with Crippen molar-refractivity contribution >= 4 is 5.91 Å². The first-order valence-corrected chi connectivity index (χ1v) is 6.49. The summed E-state index contributed by atoms with van der Waals surface area (Å²) in [6, 6.07) is 2.85. The lowest BCUT2D eigenvalue weighted by atomic mass is 10.1. The SMILES string of the molecule is O=C(c1cccnc1OCC(F)(F)F)N1CCC(O)CC1. The molecule has 2 heterocycles. The molecule has 1 fully saturated rings. The van der Waals surface area contributed by atoms with Crippen LogP contribution in [0.25, 0.3) is 0 Å². The van der Waals surface area contributed by atoms with E-state index in [0.29, 0.717) is 25.9 Å². The van der Waals surface area contributed by atoms with Crippen molar-refractivity contribution in [3.63, 3.8) is 0 Å². The van der Waals surface area contributed by atoms with E-state index >= 15 is 0 Å². The fourth-order valence-electron chi connectivity index (χ4n) is 2.06. The van der Waals surface area contributed by atoms with E-state index in [0.717, 1.165) is 0 Å². The monoisotopic (exact) mass is 304 g/mol. The van der Waals surface area contributed by atoms with Crippen LogP contribution >= 0.6 is 0 Å². The molecule has 0 atom stereocenters. The van der Waals surface area contributed by atoms with Gasteiger partial charge < -0.3 is 14.7 Å². The number of piperidine rings is 1. The van der Waals surface area contributed by atoms with Crippen molar-refractivity contribution in [3.8, 4) is 5.88 Å². The van der Waals surface area contributed by atoms with E-state index in [2.05, 4.69) is 9.72 Å². The van der Waals surface area contributed by atoms with Crippen molar-refractivity contribution in [2.24, 2.45) is 0 Å². The van der Waals surface area contributed by atoms with Gasteiger partial charge in [0.25, 0.3) is 5.91 Å². The third-order valence-electron chi connectivity index (χ3n) is 3.13. The molecule has 0 radical (unpaired) electrons. The molecule has 0 saturated carbocycles. The van der Waals surface area contributed by atoms with Crippen LogP contribution in [-0.4, -0.2) is 52.9 Å². The number of aromatic nitrogens is 1. The molecule has 0 bridgehead atoms. The number of rotatable bonds is 3. The zero-order chi connectivity index (χ0) is 15.5. The van der Waals surface area contributed by atoms with Gasteiger partial charge in [0, 0.05) is 19.3 Å². The van der Waals surface area contributed by atoms with E-state index in [1.165, 1.54) is 23.2 Å². The molecule has 1 aromatic heterocycles. The second kappa shape index (κ2) is 6.30. The molecule has 1 aliphatic rings. The molecule has 1 saturated heterocycles. The van der Waals surface area contributed by atoms with Crippen LogP contribution in [0.1, 0.15) is 23.2 Å². The van der Waals surface area contributed by atoms with Crippen molar-refractivity contribution in [3.05, 3.63) is 23.9 Å². The summed E-state index contributed by atoms with van der Waals surface area (Å²) < 4.78 is 41.2. The van der Waals surface area contributed by atoms with E-state index in [4.69, 9.17) is 0 Å². The van der Waals surface area contributed by atoms with Crippen LogP contribution in [0.3, 0.4) is 0 Å². The molecule has 5 nitrogen and oxygen atoms in total. The number of amides is 1. The Labute approximate surface area is 119 Å². The predicted molar refractivity (Wildman–Crippen MR) is 66.9 cm³/mol. The minimum atomic E-state index is -4.49. The summed E-state index contributed by atoms with van der Waals surface area (Å²) in [5.41, 5.74) is -0.00172. The van der Waals surface area contributed by atoms with Crippen LogP contribution < -0.4 is 4.74 Å². The molecule has 0 spiro atoms. The number of hydrogen-bond donors (Lipinski definition) is 1. The molecule has 21 heavy (non-hydrogen) atoms. The van der Waals surface area contributed by atoms with Gasteiger partial charge >= 0.3 is 6.18 Å². The van der Waals surface area contributed by atoms with Crippen molar-refractivity contribution in [2.75, 3.05) is 19.7 Å². The number of halogens is 3. The van der Waals surface area contributed by atoms with Gasteiger partial charge in [0.05, 0.1) is 6.10 Å². The molecule has 2 rings (SSSR count). The Hall–Kier alpha value is -1.83. The molecule has 0 aliphatic carbocycles. The number of aliphatic hydroxyl groups is 1. The Morgan fingerprint density at radius 1 is 1.43 bits per heavy atom. The number of ether oxygens (including phenoxy) is 1. The van der Waals surface area contributed by atoms with Crippen molar-refractivity contribution < 1.29 is 27.8 Å². The van der Waals surface area contributed by atoms with Crippen molar-refractivity contribution in [1.29, 1.82) is 0 Å². The van der Waals surface area contributed by atoms with E-state index in [9.17, 15) is 23.1 Å². The molecule has 0 aromatic carbocycles. The Bertz CT molecular complexity index is 500. The van der Waals surface area contributed by atoms with Gasteiger partial charge in [0.1, 0.15) is 5.56 Å². The van der Waals surface area contributed by atoms with Gasteiger partial charge in [-0.25, -0.2) is 4.98 Å². The first-order chi connectivity index (χ1) is 9.87. The maximum absolute atomic E-state index is 12.3. The third kappa shape index (κ3) is 4.32. The first kappa shape index (κ1) is 15.6. The minimum Gasteiger partial charge on any atom is -0.467 e. The first-order valence-electron chi connectivity index (χ1n) is 6.49. The number of hydrogen-bond acceptors (Lipinski definition) is 4. The maximum Gasteiger partial charge on any atom is 0.422 e. The van der Waals surface area contributed by atoms with Crippen LogP contribution in [-0.2, 0) is 0 Å². The number of carbonyl (C=O) groups excluding carboxylic acids is 1. The van der Waals surface area contributed by atoms with Gasteiger partial charge in [-0.3, -0.25) is 4.79 Å². The minimum absolute atomic E-state index is 0.00172. The molecule has 8 heteroatoms. The van der Waals surface area contributed by atoms with Crippen LogP contribution in [0.2, 0.25) is 0 Å². The fraction of sp³-hybridized carbons (Fsp3) is 0.538. The van der Waals surface area contributed by atoms with E-state index in [1.54, 1.807) is 0 Å². The molecule has 0 unspecified atom stereocenters. The zero-order valence-corrected chi connectivity index (χ0v) is 11.1. The summed E-state index contributed by atoms with van der Waals surface area (Å²) in [4.78, 5) is 17.5. The lowest BCUT2D eigenvalue weighted by Crippen LogP contribution is -2.40. The Balaban J connectivity index is 2.10. The van der Waals surface area contributed by atoms with Crippen LogP contribution in [0.5, 0.6) is 5.88 Å². The largest absolute Gasteiger partial charge is 0.467 e. The lowest BCUT2D eigenvalue weighted by molar-refractivity contribution is -0.154. The molecular weight excluding hydrogens is 289 g/mol. The predicted octanol–water partition coefficient (Wildman–Crippen LogP) is 1.62. The highest BCUT2D eigenvalue weighted by Crippen LogP contribution is 2.22. The Morgan fingerprint density at radius 2 is 2.10 bits per heavy atom. The molecule has 1 aliphatic heterocycles. The van der Waals surface area contributed by atoms with Gasteiger partial charge in [0.2, 0.25) is 5.88 Å². The van der Waals surface area contributed by atoms with Gasteiger partial charge in [-0.15, -0.1) is 0 Å². The normalized spacial score (nSPS) is 16.9. The van der Waals surface area contributed by atoms with Gasteiger partial charge in [0.15, 0.2) is 6.61 Å². The highest BCUT2D eigenvalue weighted by molar-refractivity contribution is 5.96. The molecule has 1 amide bonds. The average Bonchev–Trinajstić information content (AvgIpc) is 2.45. The summed E-state index contributed by atoms with van der Waals surface area (Å²) in [7, 11) is 0. The summed E-state index contributed by atoms with van der Waals surface area (Å²) in [5.74, 6) is -0.766. The van der Waals surface area contributed by atoms with Crippen LogP contribution in [0, 0.1) is 0 Å². The number of pyridine rings is 1. The number of carbonyl (C=O) groups is 1. The van der Waals surface area contributed by atoms with E-state index in [1.807, 2.05) is 0 Å². The second-order valence-corrected chi connectivity index (χ2v) is 4.78. The fourth-order valence-corrected chi connectivity index (χ4v) is 2.06. The summed E-state index contributed by atoms with van der Waals surface area (Å²) in [6.07, 6.45) is -2.77.